The Morgan fingerprint density at radius 1 is 1.13 bits per heavy atom. The molecule has 164 valence electrons. The number of aliphatic hydroxyl groups is 1. The predicted molar refractivity (Wildman–Crippen MR) is 135 cm³/mol. The fraction of sp³-hybridized carbons (Fsp3) is 0.435. The summed E-state index contributed by atoms with van der Waals surface area (Å²) >= 11 is 6.28. The van der Waals surface area contributed by atoms with Crippen molar-refractivity contribution >= 4 is 41.5 Å². The van der Waals surface area contributed by atoms with Crippen molar-refractivity contribution in [2.45, 2.75) is 38.6 Å². The molecule has 2 N–H and O–H groups in total. The zero-order valence-corrected chi connectivity index (χ0v) is 20.8. The lowest BCUT2D eigenvalue weighted by Gasteiger charge is -2.29. The van der Waals surface area contributed by atoms with Crippen molar-refractivity contribution in [3.8, 4) is 0 Å². The monoisotopic (exact) mass is 542 g/mol. The number of guanidine groups is 1. The molecule has 1 aliphatic rings. The Bertz CT molecular complexity index is 807. The number of nitrogens with one attached hydrogen (secondary N) is 1. The number of nitrogens with zero attached hydrogens (tertiary/aromatic N) is 3. The van der Waals surface area contributed by atoms with Crippen LogP contribution in [0, 0.1) is 0 Å². The first kappa shape index (κ1) is 24.9. The van der Waals surface area contributed by atoms with Crippen LogP contribution < -0.4 is 5.32 Å². The molecule has 0 unspecified atom stereocenters. The number of likely N-dealkylation sites (tertiary alicyclic amines) is 1. The van der Waals surface area contributed by atoms with Crippen LogP contribution in [0.15, 0.2) is 53.5 Å². The van der Waals surface area contributed by atoms with Crippen molar-refractivity contribution in [1.29, 1.82) is 0 Å². The molecule has 0 bridgehead atoms. The summed E-state index contributed by atoms with van der Waals surface area (Å²) in [5, 5.41) is 13.8. The van der Waals surface area contributed by atoms with Gasteiger partial charge in [-0.15, -0.1) is 24.0 Å². The highest BCUT2D eigenvalue weighted by Crippen LogP contribution is 2.17. The van der Waals surface area contributed by atoms with E-state index in [1.54, 1.807) is 7.05 Å². The number of hydrogen-bond donors (Lipinski definition) is 2. The Morgan fingerprint density at radius 2 is 1.77 bits per heavy atom. The molecule has 0 radical (unpaired) electrons. The molecule has 30 heavy (non-hydrogen) atoms. The van der Waals surface area contributed by atoms with Crippen LogP contribution in [-0.2, 0) is 19.6 Å². The van der Waals surface area contributed by atoms with Crippen molar-refractivity contribution in [2.75, 3.05) is 27.2 Å². The number of hydrogen-bond acceptors (Lipinski definition) is 3. The molecule has 5 nitrogen and oxygen atoms in total. The van der Waals surface area contributed by atoms with E-state index in [-0.39, 0.29) is 30.1 Å². The average Bonchev–Trinajstić information content (AvgIpc) is 2.73. The Labute approximate surface area is 202 Å². The van der Waals surface area contributed by atoms with Gasteiger partial charge in [0.25, 0.3) is 0 Å². The second kappa shape index (κ2) is 12.5. The molecule has 0 amide bonds. The molecule has 1 aliphatic heterocycles. The molecule has 1 saturated heterocycles. The average molecular weight is 543 g/mol. The number of piperidine rings is 1. The zero-order chi connectivity index (χ0) is 20.6. The molecular formula is C23H32ClIN4O. The van der Waals surface area contributed by atoms with E-state index in [2.05, 4.69) is 44.4 Å². The van der Waals surface area contributed by atoms with Crippen LogP contribution in [0.1, 0.15) is 29.5 Å². The standard InChI is InChI=1S/C23H31ClN4O.HI/c1-25-23(27(2)17-20-5-3-4-6-22(20)24)26-15-18-7-9-19(10-8-18)16-28-13-11-21(29)12-14-28;/h3-10,21,29H,11-17H2,1-2H3,(H,25,26);1H. The molecule has 2 aromatic carbocycles. The summed E-state index contributed by atoms with van der Waals surface area (Å²) in [5.74, 6) is 0.834. The van der Waals surface area contributed by atoms with Crippen molar-refractivity contribution < 1.29 is 5.11 Å². The Morgan fingerprint density at radius 3 is 2.40 bits per heavy atom. The quantitative estimate of drug-likeness (QED) is 0.328. The Kier molecular flexibility index (Phi) is 10.4. The van der Waals surface area contributed by atoms with Crippen molar-refractivity contribution in [1.82, 2.24) is 15.1 Å². The smallest absolute Gasteiger partial charge is 0.193 e. The zero-order valence-electron chi connectivity index (χ0n) is 17.7. The van der Waals surface area contributed by atoms with Crippen molar-refractivity contribution in [2.24, 2.45) is 4.99 Å². The summed E-state index contributed by atoms with van der Waals surface area (Å²) in [6.07, 6.45) is 1.64. The summed E-state index contributed by atoms with van der Waals surface area (Å²) in [5.41, 5.74) is 3.61. The van der Waals surface area contributed by atoms with Crippen LogP contribution in [-0.4, -0.2) is 54.2 Å². The summed E-state index contributed by atoms with van der Waals surface area (Å²) in [6.45, 7) is 4.30. The minimum atomic E-state index is -0.120. The van der Waals surface area contributed by atoms with Crippen molar-refractivity contribution in [3.05, 3.63) is 70.2 Å². The molecule has 0 aromatic heterocycles. The van der Waals surface area contributed by atoms with E-state index in [9.17, 15) is 5.11 Å². The molecule has 2 aromatic rings. The summed E-state index contributed by atoms with van der Waals surface area (Å²) in [4.78, 5) is 8.87. The minimum absolute atomic E-state index is 0. The number of benzene rings is 2. The summed E-state index contributed by atoms with van der Waals surface area (Å²) in [7, 11) is 3.81. The molecule has 0 aliphatic carbocycles. The first-order valence-electron chi connectivity index (χ1n) is 10.2. The van der Waals surface area contributed by atoms with Gasteiger partial charge in [-0.05, 0) is 35.6 Å². The van der Waals surface area contributed by atoms with E-state index >= 15 is 0 Å². The highest BCUT2D eigenvalue weighted by molar-refractivity contribution is 14.0. The maximum atomic E-state index is 9.64. The topological polar surface area (TPSA) is 51.1 Å². The Hall–Kier alpha value is -1.35. The first-order valence-corrected chi connectivity index (χ1v) is 10.6. The Balaban J connectivity index is 0.00000320. The van der Waals surface area contributed by atoms with E-state index in [1.165, 1.54) is 11.1 Å². The molecule has 1 heterocycles. The summed E-state index contributed by atoms with van der Waals surface area (Å²) in [6, 6.07) is 16.6. The highest BCUT2D eigenvalue weighted by Gasteiger charge is 2.16. The van der Waals surface area contributed by atoms with Crippen LogP contribution in [0.3, 0.4) is 0 Å². The highest BCUT2D eigenvalue weighted by atomic mass is 127. The summed E-state index contributed by atoms with van der Waals surface area (Å²) < 4.78 is 0. The van der Waals surface area contributed by atoms with Gasteiger partial charge in [-0.1, -0.05) is 54.1 Å². The lowest BCUT2D eigenvalue weighted by Crippen LogP contribution is -2.38. The van der Waals surface area contributed by atoms with E-state index in [4.69, 9.17) is 11.6 Å². The van der Waals surface area contributed by atoms with Crippen molar-refractivity contribution in [3.63, 3.8) is 0 Å². The van der Waals surface area contributed by atoms with Crippen LogP contribution in [0.4, 0.5) is 0 Å². The van der Waals surface area contributed by atoms with Gasteiger partial charge in [0.15, 0.2) is 5.96 Å². The molecule has 7 heteroatoms. The third-order valence-corrected chi connectivity index (χ3v) is 5.74. The minimum Gasteiger partial charge on any atom is -0.393 e. The van der Waals surface area contributed by atoms with Gasteiger partial charge in [0.1, 0.15) is 0 Å². The third kappa shape index (κ3) is 7.41. The molecular weight excluding hydrogens is 511 g/mol. The maximum Gasteiger partial charge on any atom is 0.193 e. The first-order chi connectivity index (χ1) is 14.0. The van der Waals surface area contributed by atoms with Gasteiger partial charge in [0.05, 0.1) is 6.10 Å². The van der Waals surface area contributed by atoms with Crippen LogP contribution in [0.25, 0.3) is 0 Å². The lowest BCUT2D eigenvalue weighted by molar-refractivity contribution is 0.0792. The van der Waals surface area contributed by atoms with Gasteiger partial charge in [0, 0.05) is 51.8 Å². The van der Waals surface area contributed by atoms with Gasteiger partial charge in [-0.25, -0.2) is 0 Å². The van der Waals surface area contributed by atoms with E-state index in [0.717, 1.165) is 55.6 Å². The van der Waals surface area contributed by atoms with Gasteiger partial charge < -0.3 is 15.3 Å². The fourth-order valence-electron chi connectivity index (χ4n) is 3.62. The SMILES string of the molecule is CN=C(NCc1ccc(CN2CCC(O)CC2)cc1)N(C)Cc1ccccc1Cl.I. The number of aliphatic imine (C=N–C) groups is 1. The molecule has 0 saturated carbocycles. The second-order valence-corrected chi connectivity index (χ2v) is 8.08. The fourth-order valence-corrected chi connectivity index (χ4v) is 3.82. The number of rotatable bonds is 6. The largest absolute Gasteiger partial charge is 0.393 e. The number of aliphatic hydroxyl groups excluding tert-OH is 1. The van der Waals surface area contributed by atoms with Gasteiger partial charge >= 0.3 is 0 Å². The third-order valence-electron chi connectivity index (χ3n) is 5.38. The maximum absolute atomic E-state index is 9.64. The number of halogens is 2. The predicted octanol–water partition coefficient (Wildman–Crippen LogP) is 4.12. The normalized spacial score (nSPS) is 15.5. The van der Waals surface area contributed by atoms with Crippen LogP contribution in [0.2, 0.25) is 5.02 Å². The van der Waals surface area contributed by atoms with E-state index < -0.39 is 0 Å². The van der Waals surface area contributed by atoms with Crippen LogP contribution in [0.5, 0.6) is 0 Å². The van der Waals surface area contributed by atoms with Gasteiger partial charge in [-0.3, -0.25) is 9.89 Å². The van der Waals surface area contributed by atoms with E-state index in [0.29, 0.717) is 6.54 Å². The van der Waals surface area contributed by atoms with Gasteiger partial charge in [0.2, 0.25) is 0 Å². The molecule has 0 spiro atoms. The molecule has 0 atom stereocenters. The van der Waals surface area contributed by atoms with E-state index in [1.807, 2.05) is 31.3 Å². The van der Waals surface area contributed by atoms with Crippen LogP contribution >= 0.6 is 35.6 Å². The second-order valence-electron chi connectivity index (χ2n) is 7.67. The van der Waals surface area contributed by atoms with Gasteiger partial charge in [-0.2, -0.15) is 0 Å². The molecule has 1 fully saturated rings. The lowest BCUT2D eigenvalue weighted by atomic mass is 10.1. The molecule has 3 rings (SSSR count).